The fourth-order valence-corrected chi connectivity index (χ4v) is 3.51. The Morgan fingerprint density at radius 3 is 2.72 bits per heavy atom. The molecule has 2 aromatic rings. The van der Waals surface area contributed by atoms with Gasteiger partial charge in [0.15, 0.2) is 0 Å². The van der Waals surface area contributed by atoms with E-state index in [1.807, 2.05) is 57.3 Å². The van der Waals surface area contributed by atoms with Crippen LogP contribution < -0.4 is 0 Å². The maximum atomic E-state index is 13.6. The van der Waals surface area contributed by atoms with Crippen molar-refractivity contribution >= 4 is 5.91 Å². The molecule has 0 radical (unpaired) electrons. The summed E-state index contributed by atoms with van der Waals surface area (Å²) in [4.78, 5) is 16.7. The Morgan fingerprint density at radius 1 is 1.28 bits per heavy atom. The molecule has 1 aliphatic rings. The van der Waals surface area contributed by atoms with Crippen LogP contribution in [0.25, 0.3) is 0 Å². The molecule has 0 N–H and O–H groups in total. The third kappa shape index (κ3) is 3.74. The Labute approximate surface area is 149 Å². The van der Waals surface area contributed by atoms with Crippen molar-refractivity contribution in [1.82, 2.24) is 9.80 Å². The lowest BCUT2D eigenvalue weighted by molar-refractivity contribution is -0.133. The summed E-state index contributed by atoms with van der Waals surface area (Å²) < 4.78 is 13.6. The molecule has 0 spiro atoms. The van der Waals surface area contributed by atoms with Gasteiger partial charge in [0, 0.05) is 19.6 Å². The quantitative estimate of drug-likeness (QED) is 0.841. The Bertz CT molecular complexity index is 747. The van der Waals surface area contributed by atoms with Gasteiger partial charge < -0.3 is 4.90 Å². The minimum atomic E-state index is -0.214. The SMILES string of the molecule is CC1c2cc(F)ccc2CCN1CC(=O)N(C)C(C)c1ccccc1. The molecule has 1 heterocycles. The summed E-state index contributed by atoms with van der Waals surface area (Å²) in [7, 11) is 1.85. The Hall–Kier alpha value is -2.20. The van der Waals surface area contributed by atoms with Crippen LogP contribution in [0.5, 0.6) is 0 Å². The second kappa shape index (κ2) is 7.36. The van der Waals surface area contributed by atoms with Crippen molar-refractivity contribution in [2.45, 2.75) is 32.4 Å². The van der Waals surface area contributed by atoms with E-state index in [1.165, 1.54) is 11.6 Å². The third-order valence-corrected chi connectivity index (χ3v) is 5.37. The van der Waals surface area contributed by atoms with Crippen LogP contribution in [0.2, 0.25) is 0 Å². The summed E-state index contributed by atoms with van der Waals surface area (Å²) in [6, 6.07) is 15.1. The molecular formula is C21H25FN2O. The molecule has 0 bridgehead atoms. The molecule has 25 heavy (non-hydrogen) atoms. The number of fused-ring (bicyclic) bond motifs is 1. The van der Waals surface area contributed by atoms with Crippen molar-refractivity contribution < 1.29 is 9.18 Å². The second-order valence-corrected chi connectivity index (χ2v) is 6.83. The van der Waals surface area contributed by atoms with E-state index in [0.29, 0.717) is 6.54 Å². The van der Waals surface area contributed by atoms with E-state index in [9.17, 15) is 9.18 Å². The van der Waals surface area contributed by atoms with Crippen LogP contribution in [-0.2, 0) is 11.2 Å². The van der Waals surface area contributed by atoms with Crippen LogP contribution in [-0.4, -0.2) is 35.8 Å². The summed E-state index contributed by atoms with van der Waals surface area (Å²) in [5.41, 5.74) is 3.30. The van der Waals surface area contributed by atoms with E-state index >= 15 is 0 Å². The smallest absolute Gasteiger partial charge is 0.237 e. The fourth-order valence-electron chi connectivity index (χ4n) is 3.51. The third-order valence-electron chi connectivity index (χ3n) is 5.37. The van der Waals surface area contributed by atoms with Gasteiger partial charge in [-0.25, -0.2) is 4.39 Å². The highest BCUT2D eigenvalue weighted by Gasteiger charge is 2.27. The van der Waals surface area contributed by atoms with Crippen LogP contribution in [0.15, 0.2) is 48.5 Å². The van der Waals surface area contributed by atoms with E-state index < -0.39 is 0 Å². The Balaban J connectivity index is 1.69. The first-order chi connectivity index (χ1) is 12.0. The van der Waals surface area contributed by atoms with Crippen LogP contribution in [0.1, 0.15) is 42.6 Å². The average molecular weight is 340 g/mol. The highest BCUT2D eigenvalue weighted by Crippen LogP contribution is 2.30. The Morgan fingerprint density at radius 2 is 2.00 bits per heavy atom. The molecule has 3 rings (SSSR count). The van der Waals surface area contributed by atoms with Crippen molar-refractivity contribution in [3.05, 3.63) is 71.0 Å². The number of hydrogen-bond acceptors (Lipinski definition) is 2. The van der Waals surface area contributed by atoms with Gasteiger partial charge >= 0.3 is 0 Å². The number of nitrogens with zero attached hydrogens (tertiary/aromatic N) is 2. The minimum Gasteiger partial charge on any atom is -0.338 e. The van der Waals surface area contributed by atoms with Crippen molar-refractivity contribution in [2.75, 3.05) is 20.1 Å². The number of halogens is 1. The van der Waals surface area contributed by atoms with Gasteiger partial charge in [0.05, 0.1) is 12.6 Å². The maximum absolute atomic E-state index is 13.6. The predicted molar refractivity (Wildman–Crippen MR) is 97.7 cm³/mol. The number of rotatable bonds is 4. The van der Waals surface area contributed by atoms with Gasteiger partial charge in [0.2, 0.25) is 5.91 Å². The first kappa shape index (κ1) is 17.6. The standard InChI is InChI=1S/C21H25FN2O/c1-15(17-7-5-4-6-8-17)23(3)21(25)14-24-12-11-18-9-10-19(22)13-20(18)16(24)2/h4-10,13,15-16H,11-12,14H2,1-3H3. The van der Waals surface area contributed by atoms with Gasteiger partial charge in [0.25, 0.3) is 0 Å². The van der Waals surface area contributed by atoms with Gasteiger partial charge in [-0.1, -0.05) is 36.4 Å². The van der Waals surface area contributed by atoms with E-state index in [1.54, 1.807) is 11.0 Å². The number of hydrogen-bond donors (Lipinski definition) is 0. The van der Waals surface area contributed by atoms with E-state index in [4.69, 9.17) is 0 Å². The predicted octanol–water partition coefficient (Wildman–Crippen LogP) is 3.96. The topological polar surface area (TPSA) is 23.6 Å². The van der Waals surface area contributed by atoms with Gasteiger partial charge in [-0.2, -0.15) is 0 Å². The average Bonchev–Trinajstić information content (AvgIpc) is 2.64. The van der Waals surface area contributed by atoms with E-state index in [2.05, 4.69) is 4.90 Å². The number of amides is 1. The number of benzene rings is 2. The van der Waals surface area contributed by atoms with Crippen molar-refractivity contribution in [3.8, 4) is 0 Å². The molecule has 2 atom stereocenters. The highest BCUT2D eigenvalue weighted by molar-refractivity contribution is 5.78. The van der Waals surface area contributed by atoms with Gasteiger partial charge in [-0.3, -0.25) is 9.69 Å². The van der Waals surface area contributed by atoms with Crippen LogP contribution >= 0.6 is 0 Å². The normalized spacial score (nSPS) is 18.5. The van der Waals surface area contributed by atoms with E-state index in [-0.39, 0.29) is 23.8 Å². The lowest BCUT2D eigenvalue weighted by Crippen LogP contribution is -2.43. The molecule has 2 unspecified atom stereocenters. The van der Waals surface area contributed by atoms with Gasteiger partial charge in [-0.15, -0.1) is 0 Å². The molecule has 1 amide bonds. The van der Waals surface area contributed by atoms with Crippen molar-refractivity contribution in [3.63, 3.8) is 0 Å². The molecule has 0 saturated heterocycles. The first-order valence-electron chi connectivity index (χ1n) is 8.80. The monoisotopic (exact) mass is 340 g/mol. The molecule has 132 valence electrons. The molecule has 0 fully saturated rings. The molecule has 2 aromatic carbocycles. The largest absolute Gasteiger partial charge is 0.338 e. The number of carbonyl (C=O) groups is 1. The molecule has 4 heteroatoms. The molecular weight excluding hydrogens is 315 g/mol. The van der Waals surface area contributed by atoms with Gasteiger partial charge in [0.1, 0.15) is 5.82 Å². The fraction of sp³-hybridized carbons (Fsp3) is 0.381. The zero-order valence-corrected chi connectivity index (χ0v) is 15.1. The van der Waals surface area contributed by atoms with E-state index in [0.717, 1.165) is 24.1 Å². The summed E-state index contributed by atoms with van der Waals surface area (Å²) in [6.07, 6.45) is 0.852. The molecule has 0 aliphatic carbocycles. The lowest BCUT2D eigenvalue weighted by Gasteiger charge is -2.36. The molecule has 0 aromatic heterocycles. The maximum Gasteiger partial charge on any atom is 0.237 e. The number of carbonyl (C=O) groups excluding carboxylic acids is 1. The minimum absolute atomic E-state index is 0.0264. The van der Waals surface area contributed by atoms with Crippen LogP contribution in [0, 0.1) is 5.82 Å². The molecule has 3 nitrogen and oxygen atoms in total. The molecule has 1 aliphatic heterocycles. The van der Waals surface area contributed by atoms with Crippen LogP contribution in [0.4, 0.5) is 4.39 Å². The summed E-state index contributed by atoms with van der Waals surface area (Å²) >= 11 is 0. The summed E-state index contributed by atoms with van der Waals surface area (Å²) in [6.45, 7) is 5.26. The summed E-state index contributed by atoms with van der Waals surface area (Å²) in [5.74, 6) is -0.128. The lowest BCUT2D eigenvalue weighted by atomic mass is 9.93. The molecule has 0 saturated carbocycles. The summed E-state index contributed by atoms with van der Waals surface area (Å²) in [5, 5.41) is 0. The van der Waals surface area contributed by atoms with Crippen molar-refractivity contribution in [2.24, 2.45) is 0 Å². The first-order valence-corrected chi connectivity index (χ1v) is 8.80. The number of likely N-dealkylation sites (N-methyl/N-ethyl adjacent to an activating group) is 1. The zero-order valence-electron chi connectivity index (χ0n) is 15.1. The zero-order chi connectivity index (χ0) is 18.0. The van der Waals surface area contributed by atoms with Crippen LogP contribution in [0.3, 0.4) is 0 Å². The Kier molecular flexibility index (Phi) is 5.19. The van der Waals surface area contributed by atoms with Gasteiger partial charge in [-0.05, 0) is 49.1 Å². The highest BCUT2D eigenvalue weighted by atomic mass is 19.1. The second-order valence-electron chi connectivity index (χ2n) is 6.83. The van der Waals surface area contributed by atoms with Crippen molar-refractivity contribution in [1.29, 1.82) is 0 Å².